The molecule has 2 heterocycles. The Morgan fingerprint density at radius 2 is 1.74 bits per heavy atom. The summed E-state index contributed by atoms with van der Waals surface area (Å²) in [6, 6.07) is 17.5. The molecule has 0 atom stereocenters. The van der Waals surface area contributed by atoms with E-state index in [9.17, 15) is 14.4 Å². The molecule has 7 nitrogen and oxygen atoms in total. The summed E-state index contributed by atoms with van der Waals surface area (Å²) in [5.74, 6) is -0.377. The molecule has 0 aliphatic heterocycles. The Kier molecular flexibility index (Phi) is 5.68. The van der Waals surface area contributed by atoms with Gasteiger partial charge in [0.1, 0.15) is 6.54 Å². The third kappa shape index (κ3) is 4.27. The number of carbonyl (C=O) groups is 1. The highest BCUT2D eigenvalue weighted by Crippen LogP contribution is 2.14. The zero-order valence-electron chi connectivity index (χ0n) is 16.7. The van der Waals surface area contributed by atoms with E-state index in [4.69, 9.17) is 11.6 Å². The second kappa shape index (κ2) is 8.57. The number of amides is 1. The van der Waals surface area contributed by atoms with Crippen molar-refractivity contribution in [1.82, 2.24) is 14.1 Å². The molecule has 0 radical (unpaired) electrons. The number of para-hydroxylation sites is 1. The van der Waals surface area contributed by atoms with Gasteiger partial charge in [-0.25, -0.2) is 9.78 Å². The summed E-state index contributed by atoms with van der Waals surface area (Å²) in [5.41, 5.74) is 1.64. The summed E-state index contributed by atoms with van der Waals surface area (Å²) in [4.78, 5) is 43.1. The number of anilines is 1. The van der Waals surface area contributed by atoms with Gasteiger partial charge in [-0.05, 0) is 48.4 Å². The van der Waals surface area contributed by atoms with E-state index >= 15 is 0 Å². The lowest BCUT2D eigenvalue weighted by Crippen LogP contribution is -2.42. The molecular formula is C23H19ClN4O3. The number of pyridine rings is 1. The van der Waals surface area contributed by atoms with E-state index in [1.54, 1.807) is 42.5 Å². The van der Waals surface area contributed by atoms with Crippen LogP contribution in [0.4, 0.5) is 5.69 Å². The first-order chi connectivity index (χ1) is 14.9. The average molecular weight is 435 g/mol. The number of carbonyl (C=O) groups excluding carboxylic acids is 1. The highest BCUT2D eigenvalue weighted by Gasteiger charge is 2.17. The van der Waals surface area contributed by atoms with Crippen LogP contribution in [0.3, 0.4) is 0 Å². The highest BCUT2D eigenvalue weighted by atomic mass is 35.5. The molecule has 0 saturated carbocycles. The van der Waals surface area contributed by atoms with Crippen LogP contribution in [0.15, 0.2) is 76.4 Å². The molecule has 0 bridgehead atoms. The predicted octanol–water partition coefficient (Wildman–Crippen LogP) is 3.21. The fourth-order valence-electron chi connectivity index (χ4n) is 3.35. The Bertz CT molecular complexity index is 1390. The van der Waals surface area contributed by atoms with Gasteiger partial charge in [-0.3, -0.25) is 18.7 Å². The van der Waals surface area contributed by atoms with Crippen molar-refractivity contribution in [2.45, 2.75) is 20.0 Å². The number of fused-ring (bicyclic) bond motifs is 1. The van der Waals surface area contributed by atoms with Crippen LogP contribution in [0.25, 0.3) is 11.0 Å². The topological polar surface area (TPSA) is 86.0 Å². The van der Waals surface area contributed by atoms with Gasteiger partial charge in [0, 0.05) is 16.9 Å². The Hall–Kier alpha value is -3.71. The zero-order valence-corrected chi connectivity index (χ0v) is 17.5. The Labute approximate surface area is 182 Å². The first-order valence-corrected chi connectivity index (χ1v) is 10.00. The molecule has 156 valence electrons. The van der Waals surface area contributed by atoms with E-state index in [0.717, 1.165) is 15.7 Å². The second-order valence-electron chi connectivity index (χ2n) is 7.12. The molecule has 1 amide bonds. The fourth-order valence-corrected chi connectivity index (χ4v) is 3.48. The molecule has 31 heavy (non-hydrogen) atoms. The molecule has 0 aliphatic carbocycles. The first-order valence-electron chi connectivity index (χ1n) is 9.62. The molecule has 2 aromatic carbocycles. The summed E-state index contributed by atoms with van der Waals surface area (Å²) in [7, 11) is 0. The van der Waals surface area contributed by atoms with Gasteiger partial charge in [-0.2, -0.15) is 0 Å². The molecule has 4 rings (SSSR count). The lowest BCUT2D eigenvalue weighted by atomic mass is 10.2. The number of nitrogens with zero attached hydrogens (tertiary/aromatic N) is 3. The van der Waals surface area contributed by atoms with Crippen molar-refractivity contribution in [1.29, 1.82) is 0 Å². The van der Waals surface area contributed by atoms with Crippen molar-refractivity contribution in [3.63, 3.8) is 0 Å². The largest absolute Gasteiger partial charge is 0.332 e. The van der Waals surface area contributed by atoms with Crippen molar-refractivity contribution in [2.75, 3.05) is 5.32 Å². The van der Waals surface area contributed by atoms with Crippen LogP contribution in [0.2, 0.25) is 5.02 Å². The molecule has 2 aromatic heterocycles. The summed E-state index contributed by atoms with van der Waals surface area (Å²) in [5, 5.41) is 3.38. The maximum absolute atomic E-state index is 13.2. The first kappa shape index (κ1) is 20.6. The molecule has 0 aliphatic rings. The van der Waals surface area contributed by atoms with Gasteiger partial charge < -0.3 is 5.32 Å². The minimum absolute atomic E-state index is 0.0424. The zero-order chi connectivity index (χ0) is 22.0. The normalized spacial score (nSPS) is 10.9. The third-order valence-electron chi connectivity index (χ3n) is 4.96. The minimum atomic E-state index is -0.583. The van der Waals surface area contributed by atoms with Gasteiger partial charge in [0.2, 0.25) is 5.91 Å². The number of aryl methyl sites for hydroxylation is 1. The molecule has 0 saturated heterocycles. The lowest BCUT2D eigenvalue weighted by molar-refractivity contribution is -0.116. The van der Waals surface area contributed by atoms with E-state index in [2.05, 4.69) is 10.3 Å². The van der Waals surface area contributed by atoms with Gasteiger partial charge in [0.15, 0.2) is 5.52 Å². The average Bonchev–Trinajstić information content (AvgIpc) is 2.77. The molecular weight excluding hydrogens is 416 g/mol. The van der Waals surface area contributed by atoms with Crippen LogP contribution in [-0.2, 0) is 17.9 Å². The van der Waals surface area contributed by atoms with Crippen molar-refractivity contribution < 1.29 is 4.79 Å². The molecule has 0 spiro atoms. The smallest absolute Gasteiger partial charge is 0.324 e. The number of benzene rings is 2. The SMILES string of the molecule is Cc1ccccc1NC(=O)Cn1c(=O)n(Cc2ccc(Cl)cc2)c(=O)c2ncccc21. The minimum Gasteiger partial charge on any atom is -0.324 e. The van der Waals surface area contributed by atoms with E-state index in [-0.39, 0.29) is 24.5 Å². The number of halogens is 1. The quantitative estimate of drug-likeness (QED) is 0.522. The van der Waals surface area contributed by atoms with Gasteiger partial charge in [-0.15, -0.1) is 0 Å². The standard InChI is InChI=1S/C23H19ClN4O3/c1-15-5-2-3-6-18(15)26-20(29)14-27-19-7-4-12-25-21(19)22(30)28(23(27)31)13-16-8-10-17(24)11-9-16/h2-12H,13-14H2,1H3,(H,26,29). The van der Waals surface area contributed by atoms with Gasteiger partial charge >= 0.3 is 5.69 Å². The summed E-state index contributed by atoms with van der Waals surface area (Å²) in [6.07, 6.45) is 1.48. The summed E-state index contributed by atoms with van der Waals surface area (Å²) < 4.78 is 2.35. The van der Waals surface area contributed by atoms with E-state index in [1.165, 1.54) is 10.8 Å². The van der Waals surface area contributed by atoms with Crippen LogP contribution in [0.5, 0.6) is 0 Å². The highest BCUT2D eigenvalue weighted by molar-refractivity contribution is 6.30. The van der Waals surface area contributed by atoms with Crippen molar-refractivity contribution in [2.24, 2.45) is 0 Å². The van der Waals surface area contributed by atoms with Crippen molar-refractivity contribution >= 4 is 34.2 Å². The van der Waals surface area contributed by atoms with Crippen LogP contribution in [0.1, 0.15) is 11.1 Å². The van der Waals surface area contributed by atoms with E-state index in [0.29, 0.717) is 16.2 Å². The second-order valence-corrected chi connectivity index (χ2v) is 7.56. The monoisotopic (exact) mass is 434 g/mol. The van der Waals surface area contributed by atoms with Gasteiger partial charge in [0.05, 0.1) is 12.1 Å². The number of aromatic nitrogens is 3. The summed E-state index contributed by atoms with van der Waals surface area (Å²) >= 11 is 5.93. The molecule has 4 aromatic rings. The summed E-state index contributed by atoms with van der Waals surface area (Å²) in [6.45, 7) is 1.67. The van der Waals surface area contributed by atoms with Crippen LogP contribution < -0.4 is 16.6 Å². The molecule has 1 N–H and O–H groups in total. The van der Waals surface area contributed by atoms with Gasteiger partial charge in [-0.1, -0.05) is 41.9 Å². The van der Waals surface area contributed by atoms with Crippen LogP contribution in [0, 0.1) is 6.92 Å². The van der Waals surface area contributed by atoms with Crippen molar-refractivity contribution in [3.8, 4) is 0 Å². The van der Waals surface area contributed by atoms with Crippen molar-refractivity contribution in [3.05, 3.63) is 104 Å². The lowest BCUT2D eigenvalue weighted by Gasteiger charge is -2.14. The number of hydrogen-bond donors (Lipinski definition) is 1. The predicted molar refractivity (Wildman–Crippen MR) is 121 cm³/mol. The van der Waals surface area contributed by atoms with Crippen LogP contribution >= 0.6 is 11.6 Å². The molecule has 0 unspecified atom stereocenters. The Morgan fingerprint density at radius 1 is 1.00 bits per heavy atom. The molecule has 0 fully saturated rings. The van der Waals surface area contributed by atoms with E-state index in [1.807, 2.05) is 25.1 Å². The fraction of sp³-hybridized carbons (Fsp3) is 0.130. The Morgan fingerprint density at radius 3 is 2.48 bits per heavy atom. The molecule has 8 heteroatoms. The number of rotatable bonds is 5. The van der Waals surface area contributed by atoms with Gasteiger partial charge in [0.25, 0.3) is 5.56 Å². The maximum Gasteiger partial charge on any atom is 0.332 e. The van der Waals surface area contributed by atoms with E-state index < -0.39 is 11.2 Å². The number of hydrogen-bond acceptors (Lipinski definition) is 4. The third-order valence-corrected chi connectivity index (χ3v) is 5.21. The number of nitrogens with one attached hydrogen (secondary N) is 1. The Balaban J connectivity index is 1.76. The van der Waals surface area contributed by atoms with Crippen LogP contribution in [-0.4, -0.2) is 20.0 Å². The maximum atomic E-state index is 13.2.